The maximum Gasteiger partial charge on any atom is 0.315 e. The summed E-state index contributed by atoms with van der Waals surface area (Å²) in [6, 6.07) is 27.6. The van der Waals surface area contributed by atoms with Gasteiger partial charge >= 0.3 is 5.97 Å². The van der Waals surface area contributed by atoms with E-state index in [9.17, 15) is 9.90 Å². The van der Waals surface area contributed by atoms with Gasteiger partial charge in [0.25, 0.3) is 0 Å². The Hall–Kier alpha value is -2.95. The van der Waals surface area contributed by atoms with E-state index in [1.165, 1.54) is 0 Å². The van der Waals surface area contributed by atoms with Gasteiger partial charge in [-0.25, -0.2) is 0 Å². The largest absolute Gasteiger partial charge is 0.481 e. The molecule has 0 aliphatic rings. The van der Waals surface area contributed by atoms with Crippen LogP contribution in [0.3, 0.4) is 0 Å². The van der Waals surface area contributed by atoms with Crippen LogP contribution in [-0.4, -0.2) is 27.9 Å². The van der Waals surface area contributed by atoms with Crippen LogP contribution < -0.4 is 0 Å². The van der Waals surface area contributed by atoms with Crippen molar-refractivity contribution in [3.63, 3.8) is 0 Å². The lowest BCUT2D eigenvalue weighted by Gasteiger charge is -2.12. The highest BCUT2D eigenvalue weighted by Gasteiger charge is 2.21. The number of rotatable bonds is 5. The Balaban J connectivity index is 0.000000209. The molecule has 0 bridgehead atoms. The van der Waals surface area contributed by atoms with Gasteiger partial charge in [-0.2, -0.15) is 0 Å². The maximum atomic E-state index is 11.3. The van der Waals surface area contributed by atoms with Gasteiger partial charge in [-0.3, -0.25) is 4.79 Å². The SMILES string of the molecule is O=C(O)C(c1ccccc1)c1ccccc1.OCC(O)c1ccccc1. The molecule has 0 spiro atoms. The fraction of sp³-hybridized carbons (Fsp3) is 0.136. The minimum atomic E-state index is -0.822. The lowest BCUT2D eigenvalue weighted by Crippen LogP contribution is -2.12. The first kappa shape index (κ1) is 19.4. The first-order valence-electron chi connectivity index (χ1n) is 8.30. The van der Waals surface area contributed by atoms with Crippen molar-refractivity contribution in [3.8, 4) is 0 Å². The molecule has 0 saturated heterocycles. The number of hydrogen-bond acceptors (Lipinski definition) is 3. The lowest BCUT2D eigenvalue weighted by atomic mass is 9.92. The molecule has 3 rings (SSSR count). The number of carboxylic acid groups (broad SMARTS) is 1. The zero-order valence-corrected chi connectivity index (χ0v) is 14.3. The molecule has 0 saturated carbocycles. The molecule has 0 amide bonds. The van der Waals surface area contributed by atoms with Crippen LogP contribution in [0.5, 0.6) is 0 Å². The van der Waals surface area contributed by atoms with Gasteiger partial charge in [-0.15, -0.1) is 0 Å². The molecule has 0 radical (unpaired) electrons. The van der Waals surface area contributed by atoms with Crippen molar-refractivity contribution in [1.29, 1.82) is 0 Å². The van der Waals surface area contributed by atoms with Gasteiger partial charge in [0.2, 0.25) is 0 Å². The van der Waals surface area contributed by atoms with Crippen LogP contribution in [0.15, 0.2) is 91.0 Å². The summed E-state index contributed by atoms with van der Waals surface area (Å²) >= 11 is 0. The predicted octanol–water partition coefficient (Wildman–Crippen LogP) is 3.62. The van der Waals surface area contributed by atoms with Gasteiger partial charge < -0.3 is 15.3 Å². The molecule has 1 unspecified atom stereocenters. The van der Waals surface area contributed by atoms with E-state index in [2.05, 4.69) is 0 Å². The Morgan fingerprint density at radius 3 is 1.35 bits per heavy atom. The van der Waals surface area contributed by atoms with E-state index < -0.39 is 18.0 Å². The average Bonchev–Trinajstić information content (AvgIpc) is 2.70. The quantitative estimate of drug-likeness (QED) is 0.657. The molecule has 26 heavy (non-hydrogen) atoms. The van der Waals surface area contributed by atoms with E-state index in [0.717, 1.165) is 16.7 Å². The van der Waals surface area contributed by atoms with Crippen molar-refractivity contribution in [2.75, 3.05) is 6.61 Å². The minimum absolute atomic E-state index is 0.218. The maximum absolute atomic E-state index is 11.3. The zero-order valence-electron chi connectivity index (χ0n) is 14.3. The number of aliphatic carboxylic acids is 1. The van der Waals surface area contributed by atoms with E-state index in [1.807, 2.05) is 78.9 Å². The summed E-state index contributed by atoms with van der Waals surface area (Å²) in [5.41, 5.74) is 2.37. The number of carboxylic acids is 1. The standard InChI is InChI=1S/C14H12O2.C8H10O2/c15-14(16)13(11-7-3-1-4-8-11)12-9-5-2-6-10-12;9-6-8(10)7-4-2-1-3-5-7/h1-10,13H,(H,15,16);1-5,8-10H,6H2. The van der Waals surface area contributed by atoms with Crippen LogP contribution in [0.25, 0.3) is 0 Å². The Kier molecular flexibility index (Phi) is 7.55. The smallest absolute Gasteiger partial charge is 0.315 e. The topological polar surface area (TPSA) is 77.8 Å². The third-order valence-corrected chi connectivity index (χ3v) is 3.87. The molecule has 0 aromatic heterocycles. The number of hydrogen-bond donors (Lipinski definition) is 3. The highest BCUT2D eigenvalue weighted by Crippen LogP contribution is 2.24. The summed E-state index contributed by atoms with van der Waals surface area (Å²) in [4.78, 5) is 11.3. The van der Waals surface area contributed by atoms with Crippen LogP contribution in [0, 0.1) is 0 Å². The van der Waals surface area contributed by atoms with E-state index in [0.29, 0.717) is 0 Å². The third-order valence-electron chi connectivity index (χ3n) is 3.87. The Morgan fingerprint density at radius 2 is 1.04 bits per heavy atom. The fourth-order valence-electron chi connectivity index (χ4n) is 2.55. The number of carbonyl (C=O) groups is 1. The highest BCUT2D eigenvalue weighted by atomic mass is 16.4. The van der Waals surface area contributed by atoms with Gasteiger partial charge in [0.05, 0.1) is 6.61 Å². The summed E-state index contributed by atoms with van der Waals surface area (Å²) in [5, 5.41) is 26.9. The van der Waals surface area contributed by atoms with Gasteiger partial charge in [-0.1, -0.05) is 91.0 Å². The fourth-order valence-corrected chi connectivity index (χ4v) is 2.55. The molecule has 3 N–H and O–H groups in total. The van der Waals surface area contributed by atoms with Gasteiger partial charge in [0.1, 0.15) is 12.0 Å². The number of aliphatic hydroxyl groups is 2. The summed E-state index contributed by atoms with van der Waals surface area (Å²) in [7, 11) is 0. The van der Waals surface area contributed by atoms with Gasteiger partial charge in [0, 0.05) is 0 Å². The minimum Gasteiger partial charge on any atom is -0.481 e. The molecule has 0 aliphatic heterocycles. The molecule has 3 aromatic carbocycles. The van der Waals surface area contributed by atoms with Crippen LogP contribution in [-0.2, 0) is 4.79 Å². The van der Waals surface area contributed by atoms with Crippen molar-refractivity contribution in [1.82, 2.24) is 0 Å². The normalized spacial score (nSPS) is 11.3. The molecule has 0 fully saturated rings. The van der Waals surface area contributed by atoms with E-state index in [-0.39, 0.29) is 6.61 Å². The van der Waals surface area contributed by atoms with E-state index >= 15 is 0 Å². The average molecular weight is 350 g/mol. The first-order chi connectivity index (χ1) is 12.6. The van der Waals surface area contributed by atoms with Crippen LogP contribution in [0.1, 0.15) is 28.7 Å². The molecule has 0 heterocycles. The molecular formula is C22H22O4. The predicted molar refractivity (Wildman–Crippen MR) is 101 cm³/mol. The molecule has 134 valence electrons. The van der Waals surface area contributed by atoms with Crippen molar-refractivity contribution in [3.05, 3.63) is 108 Å². The third kappa shape index (κ3) is 5.55. The van der Waals surface area contributed by atoms with E-state index in [1.54, 1.807) is 12.1 Å². The molecule has 0 aliphatic carbocycles. The van der Waals surface area contributed by atoms with Crippen molar-refractivity contribution in [2.45, 2.75) is 12.0 Å². The zero-order chi connectivity index (χ0) is 18.8. The van der Waals surface area contributed by atoms with Crippen LogP contribution in [0.2, 0.25) is 0 Å². The molecule has 1 atom stereocenters. The molecule has 3 aromatic rings. The summed E-state index contributed by atoms with van der Waals surface area (Å²) in [6.45, 7) is -0.218. The second-order valence-electron chi connectivity index (χ2n) is 5.70. The summed E-state index contributed by atoms with van der Waals surface area (Å²) < 4.78 is 0. The Labute approximate surface area is 153 Å². The highest BCUT2D eigenvalue weighted by molar-refractivity contribution is 5.80. The van der Waals surface area contributed by atoms with Crippen LogP contribution in [0.4, 0.5) is 0 Å². The lowest BCUT2D eigenvalue weighted by molar-refractivity contribution is -0.137. The second kappa shape index (κ2) is 10.1. The van der Waals surface area contributed by atoms with Crippen molar-refractivity contribution in [2.24, 2.45) is 0 Å². The Morgan fingerprint density at radius 1 is 0.692 bits per heavy atom. The van der Waals surface area contributed by atoms with Gasteiger partial charge in [0.15, 0.2) is 0 Å². The number of benzene rings is 3. The summed E-state index contributed by atoms with van der Waals surface area (Å²) in [5.74, 6) is -1.40. The van der Waals surface area contributed by atoms with Gasteiger partial charge in [-0.05, 0) is 16.7 Å². The van der Waals surface area contributed by atoms with Crippen molar-refractivity contribution < 1.29 is 20.1 Å². The second-order valence-corrected chi connectivity index (χ2v) is 5.70. The summed E-state index contributed by atoms with van der Waals surface area (Å²) in [6.07, 6.45) is -0.735. The molecular weight excluding hydrogens is 328 g/mol. The monoisotopic (exact) mass is 350 g/mol. The van der Waals surface area contributed by atoms with Crippen LogP contribution >= 0.6 is 0 Å². The van der Waals surface area contributed by atoms with E-state index in [4.69, 9.17) is 10.2 Å². The first-order valence-corrected chi connectivity index (χ1v) is 8.30. The number of aliphatic hydroxyl groups excluding tert-OH is 2. The molecule has 4 heteroatoms. The molecule has 4 nitrogen and oxygen atoms in total. The van der Waals surface area contributed by atoms with Crippen molar-refractivity contribution >= 4 is 5.97 Å². The Bertz CT molecular complexity index is 734.